The van der Waals surface area contributed by atoms with Crippen LogP contribution in [0.4, 0.5) is 0 Å². The summed E-state index contributed by atoms with van der Waals surface area (Å²) in [5.41, 5.74) is 1.21. The molecule has 1 N–H and O–H groups in total. The third kappa shape index (κ3) is 3.40. The van der Waals surface area contributed by atoms with Crippen LogP contribution in [0.2, 0.25) is 5.02 Å². The first kappa shape index (κ1) is 13.3. The van der Waals surface area contributed by atoms with Gasteiger partial charge in [0.05, 0.1) is 0 Å². The lowest BCUT2D eigenvalue weighted by Gasteiger charge is -2.32. The first-order valence-electron chi connectivity index (χ1n) is 6.30. The molecule has 0 radical (unpaired) electrons. The van der Waals surface area contributed by atoms with E-state index in [1.165, 1.54) is 24.2 Å². The maximum Gasteiger partial charge on any atom is 0.0453 e. The van der Waals surface area contributed by atoms with Crippen molar-refractivity contribution in [2.75, 3.05) is 5.75 Å². The molecule has 1 aliphatic rings. The normalized spacial score (nSPS) is 26.8. The lowest BCUT2D eigenvalue weighted by atomic mass is 10.0. The van der Waals surface area contributed by atoms with E-state index in [9.17, 15) is 0 Å². The summed E-state index contributed by atoms with van der Waals surface area (Å²) >= 11 is 8.30. The van der Waals surface area contributed by atoms with Gasteiger partial charge in [0, 0.05) is 22.4 Å². The van der Waals surface area contributed by atoms with Gasteiger partial charge in [-0.1, -0.05) is 36.7 Å². The minimum absolute atomic E-state index is 0.329. The zero-order valence-corrected chi connectivity index (χ0v) is 12.0. The molecule has 1 heterocycles. The number of halogens is 1. The van der Waals surface area contributed by atoms with Crippen LogP contribution >= 0.6 is 23.4 Å². The molecule has 1 aliphatic heterocycles. The number of benzene rings is 1. The van der Waals surface area contributed by atoms with Gasteiger partial charge in [0.1, 0.15) is 0 Å². The van der Waals surface area contributed by atoms with Gasteiger partial charge in [0.25, 0.3) is 0 Å². The fourth-order valence-corrected chi connectivity index (χ4v) is 3.83. The second-order valence-corrected chi connectivity index (χ2v) is 6.63. The Hall–Kier alpha value is -0.180. The average molecular weight is 270 g/mol. The largest absolute Gasteiger partial charge is 0.306 e. The van der Waals surface area contributed by atoms with Crippen LogP contribution in [0.5, 0.6) is 0 Å². The van der Waals surface area contributed by atoms with Gasteiger partial charge >= 0.3 is 0 Å². The second-order valence-electron chi connectivity index (χ2n) is 4.73. The van der Waals surface area contributed by atoms with Crippen molar-refractivity contribution in [3.8, 4) is 0 Å². The Morgan fingerprint density at radius 3 is 2.88 bits per heavy atom. The molecule has 2 unspecified atom stereocenters. The van der Waals surface area contributed by atoms with Crippen molar-refractivity contribution in [2.24, 2.45) is 0 Å². The van der Waals surface area contributed by atoms with Crippen molar-refractivity contribution in [2.45, 2.75) is 44.0 Å². The number of nitrogens with one attached hydrogen (secondary N) is 1. The molecular weight excluding hydrogens is 250 g/mol. The van der Waals surface area contributed by atoms with Crippen LogP contribution in [-0.2, 0) is 0 Å². The van der Waals surface area contributed by atoms with Gasteiger partial charge in [-0.05, 0) is 37.1 Å². The summed E-state index contributed by atoms with van der Waals surface area (Å²) in [6, 6.07) is 9.06. The molecule has 0 saturated carbocycles. The van der Waals surface area contributed by atoms with Crippen molar-refractivity contribution in [3.05, 3.63) is 34.9 Å². The molecule has 17 heavy (non-hydrogen) atoms. The number of thioether (sulfide) groups is 1. The summed E-state index contributed by atoms with van der Waals surface area (Å²) in [5.74, 6) is 1.31. The van der Waals surface area contributed by atoms with Crippen molar-refractivity contribution < 1.29 is 0 Å². The predicted molar refractivity (Wildman–Crippen MR) is 77.9 cm³/mol. The van der Waals surface area contributed by atoms with Crippen LogP contribution in [-0.4, -0.2) is 17.0 Å². The quantitative estimate of drug-likeness (QED) is 0.879. The smallest absolute Gasteiger partial charge is 0.0453 e. The first-order valence-corrected chi connectivity index (χ1v) is 7.73. The highest BCUT2D eigenvalue weighted by atomic mass is 35.5. The lowest BCUT2D eigenvalue weighted by molar-refractivity contribution is 0.417. The summed E-state index contributed by atoms with van der Waals surface area (Å²) in [6.07, 6.45) is 2.60. The Labute approximate surface area is 113 Å². The maximum absolute atomic E-state index is 6.23. The lowest BCUT2D eigenvalue weighted by Crippen LogP contribution is -2.40. The third-order valence-corrected chi connectivity index (χ3v) is 5.17. The maximum atomic E-state index is 6.23. The van der Waals surface area contributed by atoms with Crippen molar-refractivity contribution in [3.63, 3.8) is 0 Å². The Bertz CT molecular complexity index is 369. The van der Waals surface area contributed by atoms with Crippen LogP contribution in [0.1, 0.15) is 38.3 Å². The van der Waals surface area contributed by atoms with E-state index in [-0.39, 0.29) is 0 Å². The summed E-state index contributed by atoms with van der Waals surface area (Å²) in [4.78, 5) is 0. The molecule has 3 atom stereocenters. The molecule has 2 rings (SSSR count). The minimum atomic E-state index is 0.329. The van der Waals surface area contributed by atoms with Crippen molar-refractivity contribution >= 4 is 23.4 Å². The summed E-state index contributed by atoms with van der Waals surface area (Å²) in [7, 11) is 0. The molecular formula is C14H20ClNS. The van der Waals surface area contributed by atoms with E-state index in [1.54, 1.807) is 0 Å². The van der Waals surface area contributed by atoms with Crippen molar-refractivity contribution in [1.29, 1.82) is 0 Å². The molecule has 1 fully saturated rings. The molecule has 94 valence electrons. The first-order chi connectivity index (χ1) is 8.18. The van der Waals surface area contributed by atoms with E-state index in [0.29, 0.717) is 17.3 Å². The second kappa shape index (κ2) is 6.12. The number of hydrogen-bond donors (Lipinski definition) is 1. The van der Waals surface area contributed by atoms with Crippen LogP contribution < -0.4 is 5.32 Å². The summed E-state index contributed by atoms with van der Waals surface area (Å²) < 4.78 is 0. The molecule has 1 aromatic carbocycles. The Morgan fingerprint density at radius 2 is 2.18 bits per heavy atom. The summed E-state index contributed by atoms with van der Waals surface area (Å²) in [5, 5.41) is 5.29. The number of rotatable bonds is 3. The summed E-state index contributed by atoms with van der Waals surface area (Å²) in [6.45, 7) is 4.52. The van der Waals surface area contributed by atoms with Gasteiger partial charge in [-0.15, -0.1) is 0 Å². The van der Waals surface area contributed by atoms with Gasteiger partial charge in [0.2, 0.25) is 0 Å². The monoisotopic (exact) mass is 269 g/mol. The van der Waals surface area contributed by atoms with Gasteiger partial charge < -0.3 is 5.32 Å². The van der Waals surface area contributed by atoms with Crippen molar-refractivity contribution in [1.82, 2.24) is 5.32 Å². The zero-order chi connectivity index (χ0) is 12.3. The third-order valence-electron chi connectivity index (χ3n) is 3.44. The predicted octanol–water partition coefficient (Wildman–Crippen LogP) is 4.27. The number of hydrogen-bond acceptors (Lipinski definition) is 2. The fraction of sp³-hybridized carbons (Fsp3) is 0.571. The van der Waals surface area contributed by atoms with E-state index >= 15 is 0 Å². The highest BCUT2D eigenvalue weighted by molar-refractivity contribution is 7.99. The molecule has 1 nitrogen and oxygen atoms in total. The molecule has 0 aliphatic carbocycles. The minimum Gasteiger partial charge on any atom is -0.306 e. The topological polar surface area (TPSA) is 12.0 Å². The van der Waals surface area contributed by atoms with E-state index in [1.807, 2.05) is 12.1 Å². The molecule has 1 saturated heterocycles. The van der Waals surface area contributed by atoms with Crippen LogP contribution in [0.15, 0.2) is 24.3 Å². The Balaban J connectivity index is 2.01. The van der Waals surface area contributed by atoms with Gasteiger partial charge in [-0.25, -0.2) is 0 Å². The Kier molecular flexibility index (Phi) is 4.78. The van der Waals surface area contributed by atoms with Crippen LogP contribution in [0.25, 0.3) is 0 Å². The zero-order valence-electron chi connectivity index (χ0n) is 10.4. The molecule has 0 bridgehead atoms. The fourth-order valence-electron chi connectivity index (χ4n) is 2.38. The van der Waals surface area contributed by atoms with Crippen LogP contribution in [0.3, 0.4) is 0 Å². The van der Waals surface area contributed by atoms with Crippen LogP contribution in [0, 0.1) is 0 Å². The van der Waals surface area contributed by atoms with E-state index in [0.717, 1.165) is 5.02 Å². The molecule has 1 aromatic rings. The molecule has 0 amide bonds. The SMILES string of the molecule is CC1SCCCC1N[C@@H](C)c1ccccc1Cl. The van der Waals surface area contributed by atoms with Gasteiger partial charge in [0.15, 0.2) is 0 Å². The van der Waals surface area contributed by atoms with E-state index < -0.39 is 0 Å². The Morgan fingerprint density at radius 1 is 1.41 bits per heavy atom. The highest BCUT2D eigenvalue weighted by Crippen LogP contribution is 2.28. The average Bonchev–Trinajstić information content (AvgIpc) is 2.32. The highest BCUT2D eigenvalue weighted by Gasteiger charge is 2.23. The van der Waals surface area contributed by atoms with E-state index in [4.69, 9.17) is 11.6 Å². The van der Waals surface area contributed by atoms with Gasteiger partial charge in [-0.2, -0.15) is 11.8 Å². The molecule has 0 spiro atoms. The standard InChI is InChI=1S/C14H20ClNS/c1-10(12-6-3-4-7-13(12)15)16-14-8-5-9-17-11(14)2/h3-4,6-7,10-11,14,16H,5,8-9H2,1-2H3/t10-,11?,14?/m0/s1. The van der Waals surface area contributed by atoms with E-state index in [2.05, 4.69) is 43.1 Å². The molecule has 3 heteroatoms. The van der Waals surface area contributed by atoms with Gasteiger partial charge in [-0.3, -0.25) is 0 Å². The molecule has 0 aromatic heterocycles.